The van der Waals surface area contributed by atoms with Gasteiger partial charge in [0, 0.05) is 17.6 Å². The van der Waals surface area contributed by atoms with Crippen molar-refractivity contribution in [3.63, 3.8) is 0 Å². The van der Waals surface area contributed by atoms with E-state index in [2.05, 4.69) is 21.2 Å². The quantitative estimate of drug-likeness (QED) is 0.915. The molecule has 0 heterocycles. The molecule has 0 aliphatic carbocycles. The minimum Gasteiger partial charge on any atom is -0.351 e. The average Bonchev–Trinajstić information content (AvgIpc) is 2.27. The van der Waals surface area contributed by atoms with Crippen LogP contribution in [-0.4, -0.2) is 38.0 Å². The van der Waals surface area contributed by atoms with E-state index in [0.29, 0.717) is 17.6 Å². The second-order valence-electron chi connectivity index (χ2n) is 4.25. The lowest BCUT2D eigenvalue weighted by atomic mass is 10.1. The summed E-state index contributed by atoms with van der Waals surface area (Å²) in [5.41, 5.74) is -0.859. The molecule has 0 aromatic heterocycles. The number of carbonyl (C=O) groups excluding carboxylic acids is 1. The number of likely N-dealkylation sites (N-methyl/N-ethyl adjacent to an activating group) is 1. The van der Waals surface area contributed by atoms with Crippen molar-refractivity contribution in [1.29, 1.82) is 0 Å². The Morgan fingerprint density at radius 3 is 2.53 bits per heavy atom. The molecule has 0 saturated carbocycles. The van der Waals surface area contributed by atoms with Gasteiger partial charge in [-0.15, -0.1) is 0 Å². The first-order valence-electron chi connectivity index (χ1n) is 5.51. The van der Waals surface area contributed by atoms with Crippen molar-refractivity contribution >= 4 is 21.8 Å². The Labute approximate surface area is 117 Å². The van der Waals surface area contributed by atoms with Gasteiger partial charge in [-0.2, -0.15) is 13.2 Å². The summed E-state index contributed by atoms with van der Waals surface area (Å²) in [6, 6.07) is 3.00. The van der Waals surface area contributed by atoms with Crippen molar-refractivity contribution in [3.8, 4) is 0 Å². The Morgan fingerprint density at radius 1 is 1.37 bits per heavy atom. The van der Waals surface area contributed by atoms with E-state index in [-0.39, 0.29) is 5.56 Å². The lowest BCUT2D eigenvalue weighted by Gasteiger charge is -2.13. The molecule has 0 aliphatic rings. The van der Waals surface area contributed by atoms with Crippen molar-refractivity contribution in [2.75, 3.05) is 27.2 Å². The summed E-state index contributed by atoms with van der Waals surface area (Å²) in [6.45, 7) is 0.983. The van der Waals surface area contributed by atoms with Gasteiger partial charge in [-0.3, -0.25) is 4.79 Å². The van der Waals surface area contributed by atoms with E-state index in [0.717, 1.165) is 12.1 Å². The molecular formula is C12H14BrF3N2O. The molecular weight excluding hydrogens is 325 g/mol. The summed E-state index contributed by atoms with van der Waals surface area (Å²) in [7, 11) is 3.68. The monoisotopic (exact) mass is 338 g/mol. The summed E-state index contributed by atoms with van der Waals surface area (Å²) < 4.78 is 38.0. The van der Waals surface area contributed by atoms with Crippen LogP contribution in [-0.2, 0) is 6.18 Å². The van der Waals surface area contributed by atoms with Crippen molar-refractivity contribution in [2.45, 2.75) is 6.18 Å². The number of halogens is 4. The first kappa shape index (κ1) is 16.0. The predicted molar refractivity (Wildman–Crippen MR) is 70.0 cm³/mol. The fourth-order valence-electron chi connectivity index (χ4n) is 1.36. The zero-order valence-electron chi connectivity index (χ0n) is 10.5. The molecule has 19 heavy (non-hydrogen) atoms. The largest absolute Gasteiger partial charge is 0.416 e. The summed E-state index contributed by atoms with van der Waals surface area (Å²) >= 11 is 3.08. The SMILES string of the molecule is CN(C)CCNC(=O)c1cc(C(F)(F)F)ccc1Br. The van der Waals surface area contributed by atoms with Crippen LogP contribution in [0.3, 0.4) is 0 Å². The Bertz CT molecular complexity index is 461. The van der Waals surface area contributed by atoms with Crippen LogP contribution in [0.5, 0.6) is 0 Å². The molecule has 0 bridgehead atoms. The number of benzene rings is 1. The molecule has 0 spiro atoms. The van der Waals surface area contributed by atoms with Gasteiger partial charge in [0.2, 0.25) is 0 Å². The molecule has 1 rings (SSSR count). The van der Waals surface area contributed by atoms with Crippen LogP contribution in [0, 0.1) is 0 Å². The first-order chi connectivity index (χ1) is 8.71. The van der Waals surface area contributed by atoms with Crippen molar-refractivity contribution in [2.24, 2.45) is 0 Å². The van der Waals surface area contributed by atoms with Crippen LogP contribution in [0.1, 0.15) is 15.9 Å². The zero-order chi connectivity index (χ0) is 14.6. The zero-order valence-corrected chi connectivity index (χ0v) is 12.1. The minimum atomic E-state index is -4.46. The fraction of sp³-hybridized carbons (Fsp3) is 0.417. The lowest BCUT2D eigenvalue weighted by molar-refractivity contribution is -0.137. The number of nitrogens with one attached hydrogen (secondary N) is 1. The molecule has 0 atom stereocenters. The highest BCUT2D eigenvalue weighted by Gasteiger charge is 2.31. The highest BCUT2D eigenvalue weighted by molar-refractivity contribution is 9.10. The van der Waals surface area contributed by atoms with Gasteiger partial charge in [-0.1, -0.05) is 0 Å². The van der Waals surface area contributed by atoms with Gasteiger partial charge in [0.15, 0.2) is 0 Å². The van der Waals surface area contributed by atoms with E-state index >= 15 is 0 Å². The summed E-state index contributed by atoms with van der Waals surface area (Å²) in [5.74, 6) is -0.528. The summed E-state index contributed by atoms with van der Waals surface area (Å²) in [5, 5.41) is 2.57. The highest BCUT2D eigenvalue weighted by Crippen LogP contribution is 2.31. The molecule has 0 unspecified atom stereocenters. The number of hydrogen-bond acceptors (Lipinski definition) is 2. The van der Waals surface area contributed by atoms with E-state index in [1.165, 1.54) is 6.07 Å². The van der Waals surface area contributed by atoms with Crippen LogP contribution in [0.25, 0.3) is 0 Å². The molecule has 0 fully saturated rings. The number of nitrogens with zero attached hydrogens (tertiary/aromatic N) is 1. The molecule has 0 aliphatic heterocycles. The third kappa shape index (κ3) is 4.83. The third-order valence-electron chi connectivity index (χ3n) is 2.38. The summed E-state index contributed by atoms with van der Waals surface area (Å²) in [4.78, 5) is 13.7. The number of hydrogen-bond donors (Lipinski definition) is 1. The Morgan fingerprint density at radius 2 is 2.00 bits per heavy atom. The highest BCUT2D eigenvalue weighted by atomic mass is 79.9. The Balaban J connectivity index is 2.84. The Hall–Kier alpha value is -1.08. The maximum Gasteiger partial charge on any atom is 0.416 e. The fourth-order valence-corrected chi connectivity index (χ4v) is 1.79. The van der Waals surface area contributed by atoms with Crippen molar-refractivity contribution < 1.29 is 18.0 Å². The van der Waals surface area contributed by atoms with Crippen molar-refractivity contribution in [1.82, 2.24) is 10.2 Å². The van der Waals surface area contributed by atoms with Crippen LogP contribution in [0.4, 0.5) is 13.2 Å². The maximum absolute atomic E-state index is 12.6. The summed E-state index contributed by atoms with van der Waals surface area (Å²) in [6.07, 6.45) is -4.46. The van der Waals surface area contributed by atoms with Gasteiger partial charge in [0.05, 0.1) is 11.1 Å². The van der Waals surface area contributed by atoms with Crippen LogP contribution >= 0.6 is 15.9 Å². The average molecular weight is 339 g/mol. The number of alkyl halides is 3. The normalized spacial score (nSPS) is 11.7. The van der Waals surface area contributed by atoms with E-state index < -0.39 is 17.6 Å². The molecule has 3 nitrogen and oxygen atoms in total. The minimum absolute atomic E-state index is 0.0198. The molecule has 0 radical (unpaired) electrons. The molecule has 1 aromatic carbocycles. The smallest absolute Gasteiger partial charge is 0.351 e. The van der Waals surface area contributed by atoms with E-state index in [9.17, 15) is 18.0 Å². The number of carbonyl (C=O) groups is 1. The van der Waals surface area contributed by atoms with Crippen molar-refractivity contribution in [3.05, 3.63) is 33.8 Å². The van der Waals surface area contributed by atoms with Gasteiger partial charge in [-0.25, -0.2) is 0 Å². The maximum atomic E-state index is 12.6. The topological polar surface area (TPSA) is 32.3 Å². The van der Waals surface area contributed by atoms with Gasteiger partial charge in [0.1, 0.15) is 0 Å². The molecule has 1 N–H and O–H groups in total. The number of amides is 1. The van der Waals surface area contributed by atoms with E-state index in [1.54, 1.807) is 0 Å². The Kier molecular flexibility index (Phi) is 5.37. The molecule has 0 saturated heterocycles. The van der Waals surface area contributed by atoms with Gasteiger partial charge >= 0.3 is 6.18 Å². The second kappa shape index (κ2) is 6.38. The number of rotatable bonds is 4. The first-order valence-corrected chi connectivity index (χ1v) is 6.31. The molecule has 7 heteroatoms. The molecule has 1 aromatic rings. The van der Waals surface area contributed by atoms with Crippen LogP contribution in [0.2, 0.25) is 0 Å². The van der Waals surface area contributed by atoms with Gasteiger partial charge < -0.3 is 10.2 Å². The van der Waals surface area contributed by atoms with E-state index in [4.69, 9.17) is 0 Å². The second-order valence-corrected chi connectivity index (χ2v) is 5.11. The van der Waals surface area contributed by atoms with E-state index in [1.807, 2.05) is 19.0 Å². The van der Waals surface area contributed by atoms with Crippen LogP contribution < -0.4 is 5.32 Å². The molecule has 1 amide bonds. The van der Waals surface area contributed by atoms with Gasteiger partial charge in [0.25, 0.3) is 5.91 Å². The molecule has 106 valence electrons. The van der Waals surface area contributed by atoms with Gasteiger partial charge in [-0.05, 0) is 48.2 Å². The standard InChI is InChI=1S/C12H14BrF3N2O/c1-18(2)6-5-17-11(19)9-7-8(12(14,15)16)3-4-10(9)13/h3-4,7H,5-6H2,1-2H3,(H,17,19). The predicted octanol–water partition coefficient (Wildman–Crippen LogP) is 2.76. The third-order valence-corrected chi connectivity index (χ3v) is 3.07. The van der Waals surface area contributed by atoms with Crippen LogP contribution in [0.15, 0.2) is 22.7 Å². The lowest BCUT2D eigenvalue weighted by Crippen LogP contribution is -2.31.